The fourth-order valence-electron chi connectivity index (χ4n) is 3.87. The van der Waals surface area contributed by atoms with Crippen LogP contribution in [0.5, 0.6) is 0 Å². The summed E-state index contributed by atoms with van der Waals surface area (Å²) in [5.74, 6) is 0.166. The van der Waals surface area contributed by atoms with Gasteiger partial charge in [-0.2, -0.15) is 0 Å². The summed E-state index contributed by atoms with van der Waals surface area (Å²) in [6.45, 7) is 2.52. The number of amides is 3. The van der Waals surface area contributed by atoms with E-state index in [-0.39, 0.29) is 23.6 Å². The summed E-state index contributed by atoms with van der Waals surface area (Å²) >= 11 is 0. The number of nitrogens with zero attached hydrogens (tertiary/aromatic N) is 4. The summed E-state index contributed by atoms with van der Waals surface area (Å²) in [7, 11) is 0. The van der Waals surface area contributed by atoms with E-state index < -0.39 is 0 Å². The molecule has 0 bridgehead atoms. The molecule has 0 aromatic carbocycles. The average molecular weight is 371 g/mol. The largest absolute Gasteiger partial charge is 0.353 e. The van der Waals surface area contributed by atoms with Crippen LogP contribution in [-0.4, -0.2) is 69.7 Å². The Morgan fingerprint density at radius 1 is 1.15 bits per heavy atom. The van der Waals surface area contributed by atoms with Gasteiger partial charge < -0.3 is 15.1 Å². The number of carbonyl (C=O) groups is 3. The highest BCUT2D eigenvalue weighted by Crippen LogP contribution is 2.26. The van der Waals surface area contributed by atoms with E-state index in [0.717, 1.165) is 25.7 Å². The van der Waals surface area contributed by atoms with E-state index in [9.17, 15) is 14.4 Å². The number of hydrogen-bond donors (Lipinski definition) is 1. The molecule has 8 heteroatoms. The Morgan fingerprint density at radius 2 is 1.93 bits per heavy atom. The van der Waals surface area contributed by atoms with Crippen LogP contribution in [0.4, 0.5) is 0 Å². The van der Waals surface area contributed by atoms with Crippen molar-refractivity contribution in [1.29, 1.82) is 0 Å². The van der Waals surface area contributed by atoms with Gasteiger partial charge in [0.05, 0.1) is 12.1 Å². The Labute approximate surface area is 158 Å². The van der Waals surface area contributed by atoms with E-state index in [1.54, 1.807) is 11.1 Å². The zero-order chi connectivity index (χ0) is 18.8. The van der Waals surface area contributed by atoms with Crippen molar-refractivity contribution in [3.8, 4) is 0 Å². The van der Waals surface area contributed by atoms with Crippen molar-refractivity contribution in [3.05, 3.63) is 24.3 Å². The van der Waals surface area contributed by atoms with Crippen LogP contribution in [0.3, 0.4) is 0 Å². The van der Waals surface area contributed by atoms with Crippen LogP contribution in [0, 0.1) is 11.8 Å². The van der Waals surface area contributed by atoms with Crippen molar-refractivity contribution in [1.82, 2.24) is 25.1 Å². The van der Waals surface area contributed by atoms with Crippen molar-refractivity contribution in [3.63, 3.8) is 0 Å². The van der Waals surface area contributed by atoms with Gasteiger partial charge in [0.15, 0.2) is 0 Å². The summed E-state index contributed by atoms with van der Waals surface area (Å²) in [6.07, 6.45) is 8.71. The summed E-state index contributed by atoms with van der Waals surface area (Å²) in [4.78, 5) is 48.6. The quantitative estimate of drug-likeness (QED) is 0.811. The van der Waals surface area contributed by atoms with Crippen molar-refractivity contribution < 1.29 is 14.4 Å². The lowest BCUT2D eigenvalue weighted by Crippen LogP contribution is -2.42. The van der Waals surface area contributed by atoms with Crippen LogP contribution in [0.25, 0.3) is 0 Å². The van der Waals surface area contributed by atoms with Gasteiger partial charge in [-0.25, -0.2) is 4.98 Å². The number of piperidine rings is 1. The van der Waals surface area contributed by atoms with E-state index in [2.05, 4.69) is 15.3 Å². The summed E-state index contributed by atoms with van der Waals surface area (Å²) in [5.41, 5.74) is 0.371. The van der Waals surface area contributed by atoms with Crippen LogP contribution < -0.4 is 5.32 Å². The third-order valence-electron chi connectivity index (χ3n) is 5.67. The van der Waals surface area contributed by atoms with Crippen LogP contribution in [0.15, 0.2) is 18.6 Å². The molecule has 1 atom stereocenters. The van der Waals surface area contributed by atoms with Crippen LogP contribution in [0.1, 0.15) is 42.6 Å². The smallest absolute Gasteiger partial charge is 0.274 e. The van der Waals surface area contributed by atoms with Gasteiger partial charge in [0.2, 0.25) is 11.8 Å². The molecule has 4 rings (SSSR count). The van der Waals surface area contributed by atoms with Crippen LogP contribution in [-0.2, 0) is 9.59 Å². The van der Waals surface area contributed by atoms with E-state index in [1.807, 2.05) is 4.90 Å². The maximum Gasteiger partial charge on any atom is 0.274 e. The molecule has 1 aromatic rings. The molecule has 2 saturated heterocycles. The summed E-state index contributed by atoms with van der Waals surface area (Å²) in [6, 6.07) is 0.331. The molecule has 1 N–H and O–H groups in total. The Kier molecular flexibility index (Phi) is 5.05. The molecule has 3 heterocycles. The van der Waals surface area contributed by atoms with Gasteiger partial charge in [0.25, 0.3) is 5.91 Å². The Morgan fingerprint density at radius 3 is 2.59 bits per heavy atom. The third-order valence-corrected chi connectivity index (χ3v) is 5.67. The highest BCUT2D eigenvalue weighted by atomic mass is 16.2. The average Bonchev–Trinajstić information content (AvgIpc) is 3.44. The number of carbonyl (C=O) groups excluding carboxylic acids is 3. The molecular weight excluding hydrogens is 346 g/mol. The Hall–Kier alpha value is -2.51. The molecule has 1 aromatic heterocycles. The van der Waals surface area contributed by atoms with Crippen molar-refractivity contribution >= 4 is 17.7 Å². The topological polar surface area (TPSA) is 95.5 Å². The fraction of sp³-hybridized carbons (Fsp3) is 0.632. The minimum atomic E-state index is -0.212. The van der Waals surface area contributed by atoms with Gasteiger partial charge in [-0.05, 0) is 31.6 Å². The van der Waals surface area contributed by atoms with Gasteiger partial charge in [-0.15, -0.1) is 0 Å². The minimum Gasteiger partial charge on any atom is -0.353 e. The second-order valence-electron chi connectivity index (χ2n) is 7.81. The van der Waals surface area contributed by atoms with Crippen LogP contribution >= 0.6 is 0 Å². The molecule has 0 spiro atoms. The fourth-order valence-corrected chi connectivity index (χ4v) is 3.87. The molecule has 3 aliphatic rings. The molecule has 144 valence electrons. The molecule has 1 unspecified atom stereocenters. The van der Waals surface area contributed by atoms with Gasteiger partial charge in [-0.3, -0.25) is 19.4 Å². The monoisotopic (exact) mass is 371 g/mol. The van der Waals surface area contributed by atoms with Crippen molar-refractivity contribution in [2.24, 2.45) is 11.8 Å². The highest BCUT2D eigenvalue weighted by Gasteiger charge is 2.37. The zero-order valence-corrected chi connectivity index (χ0v) is 15.3. The maximum atomic E-state index is 12.4. The number of aromatic nitrogens is 2. The lowest BCUT2D eigenvalue weighted by atomic mass is 9.96. The maximum absolute atomic E-state index is 12.4. The Balaban J connectivity index is 1.25. The number of hydrogen-bond acceptors (Lipinski definition) is 5. The second-order valence-corrected chi connectivity index (χ2v) is 7.81. The predicted octanol–water partition coefficient (Wildman–Crippen LogP) is 0.456. The lowest BCUT2D eigenvalue weighted by Gasteiger charge is -2.33. The van der Waals surface area contributed by atoms with E-state index in [0.29, 0.717) is 50.3 Å². The van der Waals surface area contributed by atoms with E-state index in [4.69, 9.17) is 0 Å². The zero-order valence-electron chi connectivity index (χ0n) is 15.3. The second kappa shape index (κ2) is 7.62. The summed E-state index contributed by atoms with van der Waals surface area (Å²) in [5, 5.41) is 3.00. The van der Waals surface area contributed by atoms with Crippen molar-refractivity contribution in [2.75, 3.05) is 26.2 Å². The molecule has 1 aliphatic carbocycles. The van der Waals surface area contributed by atoms with E-state index in [1.165, 1.54) is 12.4 Å². The van der Waals surface area contributed by atoms with Gasteiger partial charge in [-0.1, -0.05) is 0 Å². The number of nitrogens with one attached hydrogen (secondary N) is 1. The Bertz CT molecular complexity index is 713. The van der Waals surface area contributed by atoms with Gasteiger partial charge in [0.1, 0.15) is 5.69 Å². The molecular formula is C19H25N5O3. The third kappa shape index (κ3) is 4.26. The first-order chi connectivity index (χ1) is 13.1. The normalized spacial score (nSPS) is 23.6. The first-order valence-electron chi connectivity index (χ1n) is 9.73. The first kappa shape index (κ1) is 17.9. The van der Waals surface area contributed by atoms with Gasteiger partial charge in [0, 0.05) is 51.0 Å². The number of rotatable bonds is 5. The predicted molar refractivity (Wildman–Crippen MR) is 96.5 cm³/mol. The van der Waals surface area contributed by atoms with E-state index >= 15 is 0 Å². The first-order valence-corrected chi connectivity index (χ1v) is 9.73. The standard InChI is InChI=1S/C19H25N5O3/c25-17-9-14(18(26)22-15-1-2-15)12-24(17)11-13-3-7-23(8-4-13)19(27)16-10-20-5-6-21-16/h5-6,10,13-15H,1-4,7-9,11-12H2,(H,22,26). The molecule has 3 amide bonds. The highest BCUT2D eigenvalue weighted by molar-refractivity contribution is 5.92. The molecule has 3 fully saturated rings. The summed E-state index contributed by atoms with van der Waals surface area (Å²) < 4.78 is 0. The van der Waals surface area contributed by atoms with Crippen molar-refractivity contribution in [2.45, 2.75) is 38.1 Å². The SMILES string of the molecule is O=C(NC1CC1)C1CC(=O)N(CC2CCN(C(=O)c3cnccn3)CC2)C1. The minimum absolute atomic E-state index is 0.0257. The molecule has 1 saturated carbocycles. The molecule has 2 aliphatic heterocycles. The van der Waals surface area contributed by atoms with Gasteiger partial charge >= 0.3 is 0 Å². The molecule has 27 heavy (non-hydrogen) atoms. The molecule has 0 radical (unpaired) electrons. The number of likely N-dealkylation sites (tertiary alicyclic amines) is 2. The lowest BCUT2D eigenvalue weighted by molar-refractivity contribution is -0.129. The molecule has 8 nitrogen and oxygen atoms in total. The van der Waals surface area contributed by atoms with Crippen LogP contribution in [0.2, 0.25) is 0 Å².